The Labute approximate surface area is 71.2 Å². The van der Waals surface area contributed by atoms with E-state index in [0.717, 1.165) is 19.1 Å². The highest BCUT2D eigenvalue weighted by molar-refractivity contribution is 6.70. The summed E-state index contributed by atoms with van der Waals surface area (Å²) in [7, 11) is 0. The summed E-state index contributed by atoms with van der Waals surface area (Å²) in [5, 5.41) is 0. The molecule has 1 aliphatic heterocycles. The minimum Gasteiger partial charge on any atom is -0.566 e. The Balaban J connectivity index is 2.19. The summed E-state index contributed by atoms with van der Waals surface area (Å²) in [5.41, 5.74) is 0. The molecule has 1 saturated heterocycles. The van der Waals surface area contributed by atoms with Crippen molar-refractivity contribution in [1.82, 2.24) is 0 Å². The van der Waals surface area contributed by atoms with Gasteiger partial charge in [0.2, 0.25) is 6.55 Å². The molecule has 0 bridgehead atoms. The van der Waals surface area contributed by atoms with Gasteiger partial charge >= 0.3 is 0 Å². The molecule has 72 valence electrons. The van der Waals surface area contributed by atoms with Gasteiger partial charge in [-0.1, -0.05) is 0 Å². The Morgan fingerprint density at radius 1 is 1.00 bits per heavy atom. The molecule has 0 amide bonds. The molecule has 1 rings (SSSR count). The van der Waals surface area contributed by atoms with Crippen molar-refractivity contribution in [2.24, 2.45) is 0 Å². The normalized spacial score (nSPS) is 20.5. The van der Waals surface area contributed by atoms with Crippen LogP contribution in [-0.2, 0) is 9.31 Å². The van der Waals surface area contributed by atoms with Gasteiger partial charge in [0, 0.05) is 13.2 Å². The maximum Gasteiger partial charge on any atom is 0.240 e. The van der Waals surface area contributed by atoms with E-state index in [-0.39, 0.29) is 13.2 Å². The number of rotatable bonds is 6. The third-order valence-electron chi connectivity index (χ3n) is 2.29. The van der Waals surface area contributed by atoms with Gasteiger partial charge in [0.25, 0.3) is 0 Å². The minimum absolute atomic E-state index is 0.0757. The first-order valence-corrected chi connectivity index (χ1v) is 4.40. The van der Waals surface area contributed by atoms with Crippen molar-refractivity contribution in [2.45, 2.75) is 19.1 Å². The molecular formula is C7H14BF2O2-. The molecule has 2 nitrogen and oxygen atoms in total. The molecule has 0 aromatic rings. The van der Waals surface area contributed by atoms with Gasteiger partial charge in [0.1, 0.15) is 13.3 Å². The van der Waals surface area contributed by atoms with Crippen molar-refractivity contribution in [2.75, 3.05) is 26.6 Å². The first kappa shape index (κ1) is 9.93. The molecule has 0 aliphatic carbocycles. The molecule has 0 aromatic heterocycles. The quantitative estimate of drug-likeness (QED) is 0.578. The van der Waals surface area contributed by atoms with Gasteiger partial charge in [-0.05, 0) is 0 Å². The van der Waals surface area contributed by atoms with E-state index in [1.807, 2.05) is 0 Å². The smallest absolute Gasteiger partial charge is 0.240 e. The van der Waals surface area contributed by atoms with Gasteiger partial charge in [-0.15, -0.1) is 19.1 Å². The van der Waals surface area contributed by atoms with Gasteiger partial charge in [-0.25, -0.2) is 8.78 Å². The van der Waals surface area contributed by atoms with E-state index < -0.39 is 19.9 Å². The Hall–Kier alpha value is -0.155. The molecule has 12 heavy (non-hydrogen) atoms. The molecule has 1 aliphatic rings. The molecule has 1 heterocycles. The Bertz CT molecular complexity index is 121. The van der Waals surface area contributed by atoms with E-state index in [1.54, 1.807) is 0 Å². The molecule has 0 spiro atoms. The standard InChI is InChI=1S/C7H14BF2O2/c9-4-6-11-8(2-1-3-8)12-7-5-10/h1-7H2/q-1. The lowest BCUT2D eigenvalue weighted by atomic mass is 9.40. The van der Waals surface area contributed by atoms with Crippen LogP contribution >= 0.6 is 0 Å². The predicted octanol–water partition coefficient (Wildman–Crippen LogP) is 1.80. The number of halogens is 2. The van der Waals surface area contributed by atoms with Crippen LogP contribution in [0.15, 0.2) is 0 Å². The highest BCUT2D eigenvalue weighted by atomic mass is 19.1. The Morgan fingerprint density at radius 2 is 1.50 bits per heavy atom. The maximum absolute atomic E-state index is 11.8. The van der Waals surface area contributed by atoms with E-state index in [0.29, 0.717) is 0 Å². The molecule has 0 aromatic carbocycles. The summed E-state index contributed by atoms with van der Waals surface area (Å²) in [5.74, 6) is 0. The summed E-state index contributed by atoms with van der Waals surface area (Å²) < 4.78 is 34.0. The lowest BCUT2D eigenvalue weighted by Crippen LogP contribution is -2.49. The summed E-state index contributed by atoms with van der Waals surface area (Å²) >= 11 is 0. The van der Waals surface area contributed by atoms with Crippen LogP contribution < -0.4 is 0 Å². The van der Waals surface area contributed by atoms with Gasteiger partial charge < -0.3 is 9.31 Å². The van der Waals surface area contributed by atoms with Crippen LogP contribution in [0.4, 0.5) is 8.78 Å². The van der Waals surface area contributed by atoms with Crippen LogP contribution in [0.3, 0.4) is 0 Å². The second-order valence-corrected chi connectivity index (χ2v) is 3.10. The summed E-state index contributed by atoms with van der Waals surface area (Å²) in [6, 6.07) is 0. The predicted molar refractivity (Wildman–Crippen MR) is 43.8 cm³/mol. The molecule has 0 radical (unpaired) electrons. The highest BCUT2D eigenvalue weighted by Crippen LogP contribution is 2.34. The zero-order chi connectivity index (χ0) is 8.86. The highest BCUT2D eigenvalue weighted by Gasteiger charge is 2.33. The van der Waals surface area contributed by atoms with Gasteiger partial charge in [0.15, 0.2) is 0 Å². The van der Waals surface area contributed by atoms with E-state index >= 15 is 0 Å². The first-order valence-electron chi connectivity index (χ1n) is 4.40. The lowest BCUT2D eigenvalue weighted by Gasteiger charge is -2.48. The first-order chi connectivity index (χ1) is 5.83. The minimum atomic E-state index is -1.29. The van der Waals surface area contributed by atoms with Crippen molar-refractivity contribution in [3.8, 4) is 0 Å². The molecule has 0 N–H and O–H groups in total. The third kappa shape index (κ3) is 2.42. The molecule has 5 heteroatoms. The van der Waals surface area contributed by atoms with Crippen LogP contribution in [0.25, 0.3) is 0 Å². The SMILES string of the molecule is FCCO[B-]1(OCCF)CCC1. The van der Waals surface area contributed by atoms with Crippen LogP contribution in [0.1, 0.15) is 6.42 Å². The monoisotopic (exact) mass is 179 g/mol. The molecule has 0 unspecified atom stereocenters. The third-order valence-corrected chi connectivity index (χ3v) is 2.29. The largest absolute Gasteiger partial charge is 0.566 e. The van der Waals surface area contributed by atoms with Crippen LogP contribution in [-0.4, -0.2) is 33.1 Å². The van der Waals surface area contributed by atoms with Gasteiger partial charge in [-0.3, -0.25) is 0 Å². The van der Waals surface area contributed by atoms with E-state index in [1.165, 1.54) is 0 Å². The second-order valence-electron chi connectivity index (χ2n) is 3.10. The van der Waals surface area contributed by atoms with Crippen LogP contribution in [0.5, 0.6) is 0 Å². The van der Waals surface area contributed by atoms with Crippen molar-refractivity contribution in [3.05, 3.63) is 0 Å². The van der Waals surface area contributed by atoms with Crippen LogP contribution in [0.2, 0.25) is 12.6 Å². The fourth-order valence-electron chi connectivity index (χ4n) is 1.44. The lowest BCUT2D eigenvalue weighted by molar-refractivity contribution is 0.135. The molecule has 1 fully saturated rings. The number of hydrogen-bond donors (Lipinski definition) is 0. The number of hydrogen-bond acceptors (Lipinski definition) is 2. The van der Waals surface area contributed by atoms with E-state index in [2.05, 4.69) is 0 Å². The Kier molecular flexibility index (Phi) is 3.95. The Morgan fingerprint density at radius 3 is 1.75 bits per heavy atom. The average molecular weight is 179 g/mol. The summed E-state index contributed by atoms with van der Waals surface area (Å²) in [6.45, 7) is -2.13. The van der Waals surface area contributed by atoms with Gasteiger partial charge in [0.05, 0.1) is 0 Å². The molecule has 0 atom stereocenters. The molecular weight excluding hydrogens is 165 g/mol. The van der Waals surface area contributed by atoms with Crippen molar-refractivity contribution in [1.29, 1.82) is 0 Å². The second kappa shape index (κ2) is 4.77. The summed E-state index contributed by atoms with van der Waals surface area (Å²) in [6.07, 6.45) is 2.68. The van der Waals surface area contributed by atoms with Crippen LogP contribution in [0, 0.1) is 0 Å². The fourth-order valence-corrected chi connectivity index (χ4v) is 1.44. The topological polar surface area (TPSA) is 18.5 Å². The summed E-state index contributed by atoms with van der Waals surface area (Å²) in [4.78, 5) is 0. The van der Waals surface area contributed by atoms with Crippen molar-refractivity contribution >= 4 is 6.55 Å². The fraction of sp³-hybridized carbons (Fsp3) is 1.00. The van der Waals surface area contributed by atoms with E-state index in [9.17, 15) is 8.78 Å². The molecule has 0 saturated carbocycles. The number of alkyl halides is 2. The van der Waals surface area contributed by atoms with E-state index in [4.69, 9.17) is 9.31 Å². The van der Waals surface area contributed by atoms with Gasteiger partial charge in [-0.2, -0.15) is 0 Å². The zero-order valence-electron chi connectivity index (χ0n) is 7.10. The van der Waals surface area contributed by atoms with Crippen molar-refractivity contribution < 1.29 is 18.1 Å². The van der Waals surface area contributed by atoms with Crippen molar-refractivity contribution in [3.63, 3.8) is 0 Å². The average Bonchev–Trinajstić information content (AvgIpc) is 2.02. The zero-order valence-corrected chi connectivity index (χ0v) is 7.10. The maximum atomic E-state index is 11.8.